The van der Waals surface area contributed by atoms with Gasteiger partial charge in [0.15, 0.2) is 0 Å². The summed E-state index contributed by atoms with van der Waals surface area (Å²) in [6.07, 6.45) is 6.15. The molecule has 0 spiro atoms. The zero-order valence-corrected chi connectivity index (χ0v) is 9.22. The molecule has 1 heterocycles. The Morgan fingerprint density at radius 2 is 2.57 bits per heavy atom. The lowest BCUT2D eigenvalue weighted by Gasteiger charge is -2.18. The highest BCUT2D eigenvalue weighted by Crippen LogP contribution is 2.15. The van der Waals surface area contributed by atoms with Crippen LogP contribution in [0.5, 0.6) is 0 Å². The Hall–Kier alpha value is -0.640. The molecule has 0 saturated heterocycles. The lowest BCUT2D eigenvalue weighted by atomic mass is 10.2. The van der Waals surface area contributed by atoms with Gasteiger partial charge in [-0.25, -0.2) is 0 Å². The minimum atomic E-state index is -0.135. The molecule has 3 nitrogen and oxygen atoms in total. The molecule has 0 aromatic carbocycles. The average molecular weight is 216 g/mol. The first-order valence-electron chi connectivity index (χ1n) is 4.86. The Morgan fingerprint density at radius 1 is 1.71 bits per heavy atom. The molecular weight excluding hydrogens is 200 g/mol. The Morgan fingerprint density at radius 3 is 3.21 bits per heavy atom. The topological polar surface area (TPSA) is 35.5 Å². The number of allylic oxidation sites excluding steroid dienone is 1. The number of carbonyl (C=O) groups excluding carboxylic acids is 1. The van der Waals surface area contributed by atoms with E-state index in [0.29, 0.717) is 12.4 Å². The Labute approximate surface area is 88.8 Å². The molecule has 0 aromatic heterocycles. The van der Waals surface area contributed by atoms with E-state index in [2.05, 4.69) is 0 Å². The molecule has 0 fully saturated rings. The van der Waals surface area contributed by atoms with Crippen LogP contribution in [0.25, 0.3) is 0 Å². The van der Waals surface area contributed by atoms with Crippen LogP contribution in [-0.2, 0) is 14.3 Å². The molecule has 1 rings (SSSR count). The molecule has 0 radical (unpaired) electrons. The molecule has 0 N–H and O–H groups in total. The summed E-state index contributed by atoms with van der Waals surface area (Å²) in [5.74, 6) is 1.16. The van der Waals surface area contributed by atoms with Gasteiger partial charge in [0, 0.05) is 5.75 Å². The lowest BCUT2D eigenvalue weighted by molar-refractivity contribution is -0.139. The molecule has 0 amide bonds. The normalized spacial score (nSPS) is 20.2. The summed E-state index contributed by atoms with van der Waals surface area (Å²) in [6, 6.07) is 0. The van der Waals surface area contributed by atoms with Crippen LogP contribution < -0.4 is 0 Å². The van der Waals surface area contributed by atoms with Crippen LogP contribution in [-0.4, -0.2) is 30.2 Å². The predicted octanol–water partition coefficient (Wildman–Crippen LogP) is 1.98. The van der Waals surface area contributed by atoms with Crippen LogP contribution >= 0.6 is 11.8 Å². The third kappa shape index (κ3) is 4.56. The van der Waals surface area contributed by atoms with Crippen LogP contribution in [0.2, 0.25) is 0 Å². The number of ether oxygens (including phenoxy) is 2. The van der Waals surface area contributed by atoms with Gasteiger partial charge < -0.3 is 9.47 Å². The highest BCUT2D eigenvalue weighted by atomic mass is 32.2. The molecule has 14 heavy (non-hydrogen) atoms. The van der Waals surface area contributed by atoms with Crippen molar-refractivity contribution in [2.24, 2.45) is 0 Å². The maximum absolute atomic E-state index is 11.0. The fourth-order valence-corrected chi connectivity index (χ4v) is 2.06. The van der Waals surface area contributed by atoms with Crippen LogP contribution in [0.1, 0.15) is 19.8 Å². The van der Waals surface area contributed by atoms with Crippen LogP contribution in [0.15, 0.2) is 12.3 Å². The smallest absolute Gasteiger partial charge is 0.315 e. The molecule has 1 unspecified atom stereocenters. The Bertz CT molecular complexity index is 204. The first-order valence-corrected chi connectivity index (χ1v) is 6.02. The molecule has 1 atom stereocenters. The van der Waals surface area contributed by atoms with E-state index in [4.69, 9.17) is 9.47 Å². The van der Waals surface area contributed by atoms with Crippen LogP contribution in [0, 0.1) is 0 Å². The van der Waals surface area contributed by atoms with Crippen molar-refractivity contribution in [2.45, 2.75) is 25.9 Å². The van der Waals surface area contributed by atoms with E-state index < -0.39 is 0 Å². The van der Waals surface area contributed by atoms with E-state index in [-0.39, 0.29) is 12.1 Å². The first-order chi connectivity index (χ1) is 6.83. The van der Waals surface area contributed by atoms with Gasteiger partial charge in [0.05, 0.1) is 18.6 Å². The second-order valence-corrected chi connectivity index (χ2v) is 4.06. The van der Waals surface area contributed by atoms with E-state index in [1.165, 1.54) is 0 Å². The summed E-state index contributed by atoms with van der Waals surface area (Å²) >= 11 is 1.57. The predicted molar refractivity (Wildman–Crippen MR) is 57.2 cm³/mol. The van der Waals surface area contributed by atoms with E-state index in [1.807, 2.05) is 13.0 Å². The third-order valence-corrected chi connectivity index (χ3v) is 2.90. The highest BCUT2D eigenvalue weighted by molar-refractivity contribution is 7.99. The molecular formula is C10H16O3S. The van der Waals surface area contributed by atoms with Gasteiger partial charge in [0.1, 0.15) is 6.10 Å². The van der Waals surface area contributed by atoms with Crippen molar-refractivity contribution in [3.63, 3.8) is 0 Å². The zero-order valence-electron chi connectivity index (χ0n) is 8.40. The average Bonchev–Trinajstić information content (AvgIpc) is 2.20. The highest BCUT2D eigenvalue weighted by Gasteiger charge is 2.11. The van der Waals surface area contributed by atoms with Gasteiger partial charge >= 0.3 is 5.97 Å². The maximum atomic E-state index is 11.0. The van der Waals surface area contributed by atoms with Crippen LogP contribution in [0.4, 0.5) is 0 Å². The molecule has 80 valence electrons. The fraction of sp³-hybridized carbons (Fsp3) is 0.700. The van der Waals surface area contributed by atoms with E-state index in [0.717, 1.165) is 18.6 Å². The van der Waals surface area contributed by atoms with Gasteiger partial charge in [0.25, 0.3) is 0 Å². The maximum Gasteiger partial charge on any atom is 0.315 e. The van der Waals surface area contributed by atoms with Crippen molar-refractivity contribution in [3.8, 4) is 0 Å². The van der Waals surface area contributed by atoms with Gasteiger partial charge in [-0.3, -0.25) is 4.79 Å². The van der Waals surface area contributed by atoms with Crippen LogP contribution in [0.3, 0.4) is 0 Å². The summed E-state index contributed by atoms with van der Waals surface area (Å²) < 4.78 is 10.2. The summed E-state index contributed by atoms with van der Waals surface area (Å²) in [6.45, 7) is 2.28. The summed E-state index contributed by atoms with van der Waals surface area (Å²) in [4.78, 5) is 11.0. The van der Waals surface area contributed by atoms with E-state index in [1.54, 1.807) is 18.0 Å². The Kier molecular flexibility index (Phi) is 5.52. The van der Waals surface area contributed by atoms with Gasteiger partial charge in [-0.1, -0.05) is 0 Å². The molecule has 0 aliphatic carbocycles. The van der Waals surface area contributed by atoms with Crippen molar-refractivity contribution in [1.82, 2.24) is 0 Å². The number of thioether (sulfide) groups is 1. The van der Waals surface area contributed by atoms with Gasteiger partial charge in [-0.05, 0) is 25.8 Å². The Balaban J connectivity index is 2.03. The second-order valence-electron chi connectivity index (χ2n) is 3.03. The summed E-state index contributed by atoms with van der Waals surface area (Å²) in [5.41, 5.74) is 0. The van der Waals surface area contributed by atoms with E-state index in [9.17, 15) is 4.79 Å². The zero-order chi connectivity index (χ0) is 10.2. The van der Waals surface area contributed by atoms with Crippen molar-refractivity contribution >= 4 is 17.7 Å². The lowest BCUT2D eigenvalue weighted by Crippen LogP contribution is -2.17. The first kappa shape index (κ1) is 11.4. The van der Waals surface area contributed by atoms with Crippen molar-refractivity contribution < 1.29 is 14.3 Å². The minimum Gasteiger partial charge on any atom is -0.498 e. The number of hydrogen-bond donors (Lipinski definition) is 0. The van der Waals surface area contributed by atoms with Crippen molar-refractivity contribution in [3.05, 3.63) is 12.3 Å². The monoisotopic (exact) mass is 216 g/mol. The third-order valence-electron chi connectivity index (χ3n) is 1.85. The standard InChI is InChI=1S/C10H16O3S/c1-2-12-10(11)8-14-7-9-5-3-4-6-13-9/h4,6,9H,2-3,5,7-8H2,1H3. The second kappa shape index (κ2) is 6.76. The minimum absolute atomic E-state index is 0.135. The fourth-order valence-electron chi connectivity index (χ4n) is 1.18. The molecule has 0 aromatic rings. The summed E-state index contributed by atoms with van der Waals surface area (Å²) in [5, 5.41) is 0. The molecule has 0 bridgehead atoms. The van der Waals surface area contributed by atoms with Gasteiger partial charge in [-0.2, -0.15) is 0 Å². The number of hydrogen-bond acceptors (Lipinski definition) is 4. The van der Waals surface area contributed by atoms with E-state index >= 15 is 0 Å². The molecule has 1 aliphatic heterocycles. The molecule has 1 aliphatic rings. The SMILES string of the molecule is CCOC(=O)CSCC1CCC=CO1. The number of esters is 1. The largest absolute Gasteiger partial charge is 0.498 e. The molecule has 4 heteroatoms. The van der Waals surface area contributed by atoms with Crippen molar-refractivity contribution in [2.75, 3.05) is 18.1 Å². The quantitative estimate of drug-likeness (QED) is 0.658. The van der Waals surface area contributed by atoms with Crippen molar-refractivity contribution in [1.29, 1.82) is 0 Å². The summed E-state index contributed by atoms with van der Waals surface area (Å²) in [7, 11) is 0. The molecule has 0 saturated carbocycles. The van der Waals surface area contributed by atoms with Gasteiger partial charge in [0.2, 0.25) is 0 Å². The number of rotatable bonds is 5. The number of carbonyl (C=O) groups is 1. The van der Waals surface area contributed by atoms with Gasteiger partial charge in [-0.15, -0.1) is 11.8 Å².